The average Bonchev–Trinajstić information content (AvgIpc) is 2.38. The van der Waals surface area contributed by atoms with Gasteiger partial charge >= 0.3 is 5.97 Å². The van der Waals surface area contributed by atoms with Gasteiger partial charge in [0, 0.05) is 4.47 Å². The van der Waals surface area contributed by atoms with Crippen LogP contribution in [-0.4, -0.2) is 31.6 Å². The molecule has 5 nitrogen and oxygen atoms in total. The molecule has 96 valence electrons. The van der Waals surface area contributed by atoms with Crippen molar-refractivity contribution in [1.82, 2.24) is 0 Å². The highest BCUT2D eigenvalue weighted by Gasteiger charge is 2.28. The molecule has 0 radical (unpaired) electrons. The van der Waals surface area contributed by atoms with Gasteiger partial charge in [0.2, 0.25) is 0 Å². The molecule has 0 saturated heterocycles. The predicted molar refractivity (Wildman–Crippen MR) is 66.1 cm³/mol. The highest BCUT2D eigenvalue weighted by atomic mass is 79.9. The van der Waals surface area contributed by atoms with E-state index in [2.05, 4.69) is 15.9 Å². The number of fused-ring (bicyclic) bond motifs is 1. The Morgan fingerprint density at radius 2 is 2.06 bits per heavy atom. The number of carbonyl (C=O) groups is 2. The average molecular weight is 315 g/mol. The molecule has 18 heavy (non-hydrogen) atoms. The zero-order valence-electron chi connectivity index (χ0n) is 9.70. The van der Waals surface area contributed by atoms with Crippen molar-refractivity contribution >= 4 is 27.7 Å². The molecule has 1 heterocycles. The van der Waals surface area contributed by atoms with E-state index in [1.54, 1.807) is 19.1 Å². The Bertz CT molecular complexity index is 497. The molecular formula is C12H11BrO5. The van der Waals surface area contributed by atoms with Gasteiger partial charge in [0.1, 0.15) is 13.2 Å². The van der Waals surface area contributed by atoms with Crippen LogP contribution in [0.15, 0.2) is 16.6 Å². The van der Waals surface area contributed by atoms with E-state index in [1.807, 2.05) is 0 Å². The van der Waals surface area contributed by atoms with Crippen LogP contribution in [0.5, 0.6) is 11.5 Å². The molecule has 0 aromatic heterocycles. The number of esters is 1. The largest absolute Gasteiger partial charge is 0.486 e. The first-order chi connectivity index (χ1) is 8.65. The normalized spacial score (nSPS) is 13.0. The standard InChI is InChI=1S/C12H11BrO5/c1-2-16-12(15)10(14)9-7(13)3-4-8-11(9)18-6-5-17-8/h3-4H,2,5-6H2,1H3. The quantitative estimate of drug-likeness (QED) is 0.485. The van der Waals surface area contributed by atoms with Gasteiger partial charge in [-0.05, 0) is 35.0 Å². The fourth-order valence-electron chi connectivity index (χ4n) is 1.60. The van der Waals surface area contributed by atoms with Crippen LogP contribution < -0.4 is 9.47 Å². The minimum atomic E-state index is -0.902. The Morgan fingerprint density at radius 1 is 1.33 bits per heavy atom. The van der Waals surface area contributed by atoms with E-state index in [0.29, 0.717) is 23.4 Å². The Hall–Kier alpha value is -1.56. The first kappa shape index (κ1) is 12.9. The molecule has 0 atom stereocenters. The molecule has 2 rings (SSSR count). The predicted octanol–water partition coefficient (Wildman–Crippen LogP) is 1.97. The minimum absolute atomic E-state index is 0.144. The lowest BCUT2D eigenvalue weighted by atomic mass is 10.1. The van der Waals surface area contributed by atoms with E-state index in [-0.39, 0.29) is 17.9 Å². The highest BCUT2D eigenvalue weighted by molar-refractivity contribution is 9.10. The maximum Gasteiger partial charge on any atom is 0.379 e. The van der Waals surface area contributed by atoms with Crippen molar-refractivity contribution in [2.75, 3.05) is 19.8 Å². The fourth-order valence-corrected chi connectivity index (χ4v) is 2.09. The number of benzene rings is 1. The van der Waals surface area contributed by atoms with Gasteiger partial charge in [0.25, 0.3) is 5.78 Å². The van der Waals surface area contributed by atoms with Gasteiger partial charge < -0.3 is 14.2 Å². The van der Waals surface area contributed by atoms with Crippen LogP contribution >= 0.6 is 15.9 Å². The van der Waals surface area contributed by atoms with Gasteiger partial charge in [-0.1, -0.05) is 0 Å². The summed E-state index contributed by atoms with van der Waals surface area (Å²) in [7, 11) is 0. The minimum Gasteiger partial charge on any atom is -0.486 e. The molecule has 0 spiro atoms. The van der Waals surface area contributed by atoms with Crippen molar-refractivity contribution in [3.63, 3.8) is 0 Å². The summed E-state index contributed by atoms with van der Waals surface area (Å²) < 4.78 is 15.9. The molecule has 1 aliphatic rings. The van der Waals surface area contributed by atoms with Crippen LogP contribution in [0.1, 0.15) is 17.3 Å². The summed E-state index contributed by atoms with van der Waals surface area (Å²) in [6, 6.07) is 3.32. The summed E-state index contributed by atoms with van der Waals surface area (Å²) in [4.78, 5) is 23.5. The molecule has 0 unspecified atom stereocenters. The van der Waals surface area contributed by atoms with Crippen LogP contribution in [0.2, 0.25) is 0 Å². The lowest BCUT2D eigenvalue weighted by Crippen LogP contribution is -2.22. The van der Waals surface area contributed by atoms with E-state index in [1.165, 1.54) is 0 Å². The smallest absolute Gasteiger partial charge is 0.379 e. The molecule has 0 N–H and O–H groups in total. The summed E-state index contributed by atoms with van der Waals surface area (Å²) in [5.41, 5.74) is 0.144. The molecule has 0 amide bonds. The van der Waals surface area contributed by atoms with Crippen molar-refractivity contribution < 1.29 is 23.8 Å². The molecular weight excluding hydrogens is 304 g/mol. The van der Waals surface area contributed by atoms with Gasteiger partial charge in [-0.15, -0.1) is 0 Å². The van der Waals surface area contributed by atoms with Gasteiger partial charge in [-0.25, -0.2) is 4.79 Å². The van der Waals surface area contributed by atoms with Crippen LogP contribution in [0.25, 0.3) is 0 Å². The maximum absolute atomic E-state index is 12.0. The molecule has 1 aromatic rings. The van der Waals surface area contributed by atoms with Gasteiger partial charge in [0.15, 0.2) is 11.5 Å². The molecule has 6 heteroatoms. The molecule has 0 saturated carbocycles. The van der Waals surface area contributed by atoms with Crippen LogP contribution in [0.3, 0.4) is 0 Å². The van der Waals surface area contributed by atoms with Crippen molar-refractivity contribution in [3.8, 4) is 11.5 Å². The van der Waals surface area contributed by atoms with Crippen molar-refractivity contribution in [2.45, 2.75) is 6.92 Å². The number of halogens is 1. The van der Waals surface area contributed by atoms with E-state index < -0.39 is 11.8 Å². The Balaban J connectivity index is 2.43. The zero-order valence-corrected chi connectivity index (χ0v) is 11.3. The third kappa shape index (κ3) is 2.33. The summed E-state index contributed by atoms with van der Waals surface area (Å²) >= 11 is 3.23. The highest BCUT2D eigenvalue weighted by Crippen LogP contribution is 2.38. The third-order valence-corrected chi connectivity index (χ3v) is 3.01. The van der Waals surface area contributed by atoms with Gasteiger partial charge in [-0.3, -0.25) is 4.79 Å². The number of rotatable bonds is 3. The topological polar surface area (TPSA) is 61.8 Å². The SMILES string of the molecule is CCOC(=O)C(=O)c1c(Br)ccc2c1OCCO2. The number of ether oxygens (including phenoxy) is 3. The van der Waals surface area contributed by atoms with Crippen molar-refractivity contribution in [3.05, 3.63) is 22.2 Å². The number of hydrogen-bond acceptors (Lipinski definition) is 5. The van der Waals surface area contributed by atoms with Gasteiger partial charge in [0.05, 0.1) is 12.2 Å². The number of Topliss-reactive ketones (excluding diaryl/α,β-unsaturated/α-hetero) is 1. The summed E-state index contributed by atoms with van der Waals surface area (Å²) in [6.45, 7) is 2.54. The maximum atomic E-state index is 12.0. The second kappa shape index (κ2) is 5.39. The molecule has 0 bridgehead atoms. The van der Waals surface area contributed by atoms with E-state index in [9.17, 15) is 9.59 Å². The molecule has 0 aliphatic carbocycles. The van der Waals surface area contributed by atoms with E-state index in [0.717, 1.165) is 0 Å². The summed E-state index contributed by atoms with van der Waals surface area (Å²) in [5.74, 6) is -0.905. The zero-order chi connectivity index (χ0) is 13.1. The van der Waals surface area contributed by atoms with E-state index >= 15 is 0 Å². The van der Waals surface area contributed by atoms with Crippen LogP contribution in [0.4, 0.5) is 0 Å². The lowest BCUT2D eigenvalue weighted by molar-refractivity contribution is -0.137. The lowest BCUT2D eigenvalue weighted by Gasteiger charge is -2.21. The summed E-state index contributed by atoms with van der Waals surface area (Å²) in [5, 5.41) is 0. The van der Waals surface area contributed by atoms with E-state index in [4.69, 9.17) is 14.2 Å². The third-order valence-electron chi connectivity index (χ3n) is 2.35. The number of hydrogen-bond donors (Lipinski definition) is 0. The number of ketones is 1. The number of carbonyl (C=O) groups excluding carboxylic acids is 2. The second-order valence-corrected chi connectivity index (χ2v) is 4.35. The van der Waals surface area contributed by atoms with Gasteiger partial charge in [-0.2, -0.15) is 0 Å². The van der Waals surface area contributed by atoms with Crippen molar-refractivity contribution in [2.24, 2.45) is 0 Å². The molecule has 0 fully saturated rings. The van der Waals surface area contributed by atoms with Crippen LogP contribution in [0, 0.1) is 0 Å². The van der Waals surface area contributed by atoms with Crippen LogP contribution in [-0.2, 0) is 9.53 Å². The Labute approximate surface area is 112 Å². The summed E-state index contributed by atoms with van der Waals surface area (Å²) in [6.07, 6.45) is 0. The monoisotopic (exact) mass is 314 g/mol. The fraction of sp³-hybridized carbons (Fsp3) is 0.333. The molecule has 1 aromatic carbocycles. The Kier molecular flexibility index (Phi) is 3.86. The first-order valence-electron chi connectivity index (χ1n) is 5.44. The second-order valence-electron chi connectivity index (χ2n) is 3.50. The first-order valence-corrected chi connectivity index (χ1v) is 6.24. The molecule has 1 aliphatic heterocycles. The van der Waals surface area contributed by atoms with Crippen molar-refractivity contribution in [1.29, 1.82) is 0 Å². The Morgan fingerprint density at radius 3 is 2.78 bits per heavy atom.